The molecule has 5 nitrogen and oxygen atoms in total. The average molecular weight is 332 g/mol. The standard InChI is InChI=1S/C18H21FN2O3/c19-15-3-1-13(2-4-15)17-20-16(12-24-17)11-21-7-5-14(6-8-21)18-22-9-10-23-18/h1-4,12,14,18H,5-11H2. The third kappa shape index (κ3) is 3.50. The van der Waals surface area contributed by atoms with Gasteiger partial charge >= 0.3 is 0 Å². The van der Waals surface area contributed by atoms with Crippen LogP contribution in [-0.2, 0) is 16.0 Å². The zero-order valence-corrected chi connectivity index (χ0v) is 13.5. The number of hydrogen-bond donors (Lipinski definition) is 0. The molecule has 128 valence electrons. The van der Waals surface area contributed by atoms with E-state index in [1.54, 1.807) is 18.4 Å². The Hall–Kier alpha value is -1.76. The molecule has 2 aliphatic rings. The number of nitrogens with zero attached hydrogens (tertiary/aromatic N) is 2. The number of ether oxygens (including phenoxy) is 2. The lowest BCUT2D eigenvalue weighted by Gasteiger charge is -2.33. The van der Waals surface area contributed by atoms with Gasteiger partial charge in [-0.3, -0.25) is 4.90 Å². The fourth-order valence-electron chi connectivity index (χ4n) is 3.37. The summed E-state index contributed by atoms with van der Waals surface area (Å²) in [6.45, 7) is 4.22. The maximum atomic E-state index is 13.0. The van der Waals surface area contributed by atoms with Crippen LogP contribution in [0.15, 0.2) is 34.9 Å². The summed E-state index contributed by atoms with van der Waals surface area (Å²) >= 11 is 0. The number of halogens is 1. The Morgan fingerprint density at radius 1 is 1.08 bits per heavy atom. The lowest BCUT2D eigenvalue weighted by atomic mass is 9.96. The lowest BCUT2D eigenvalue weighted by Crippen LogP contribution is -2.37. The van der Waals surface area contributed by atoms with Gasteiger partial charge in [0.15, 0.2) is 6.29 Å². The Morgan fingerprint density at radius 3 is 2.50 bits per heavy atom. The summed E-state index contributed by atoms with van der Waals surface area (Å²) in [7, 11) is 0. The van der Waals surface area contributed by atoms with Gasteiger partial charge in [0.2, 0.25) is 5.89 Å². The van der Waals surface area contributed by atoms with Crippen molar-refractivity contribution in [3.8, 4) is 11.5 Å². The molecule has 0 atom stereocenters. The Morgan fingerprint density at radius 2 is 1.79 bits per heavy atom. The van der Waals surface area contributed by atoms with Gasteiger partial charge in [0.25, 0.3) is 0 Å². The van der Waals surface area contributed by atoms with Crippen molar-refractivity contribution in [3.63, 3.8) is 0 Å². The predicted molar refractivity (Wildman–Crippen MR) is 85.6 cm³/mol. The van der Waals surface area contributed by atoms with Gasteiger partial charge in [-0.15, -0.1) is 0 Å². The second kappa shape index (κ2) is 7.01. The molecule has 0 N–H and O–H groups in total. The molecular weight excluding hydrogens is 311 g/mol. The molecule has 4 rings (SSSR count). The lowest BCUT2D eigenvalue weighted by molar-refractivity contribution is -0.0978. The molecule has 0 bridgehead atoms. The van der Waals surface area contributed by atoms with E-state index < -0.39 is 0 Å². The molecule has 0 unspecified atom stereocenters. The summed E-state index contributed by atoms with van der Waals surface area (Å²) < 4.78 is 29.7. The molecule has 3 heterocycles. The maximum absolute atomic E-state index is 13.0. The van der Waals surface area contributed by atoms with E-state index >= 15 is 0 Å². The molecule has 0 aliphatic carbocycles. The second-order valence-electron chi connectivity index (χ2n) is 6.37. The van der Waals surface area contributed by atoms with Crippen LogP contribution in [0.3, 0.4) is 0 Å². The first-order valence-corrected chi connectivity index (χ1v) is 8.44. The normalized spacial score (nSPS) is 20.7. The van der Waals surface area contributed by atoms with E-state index in [-0.39, 0.29) is 12.1 Å². The zero-order valence-electron chi connectivity index (χ0n) is 13.5. The van der Waals surface area contributed by atoms with E-state index in [0.717, 1.165) is 56.9 Å². The molecular formula is C18H21FN2O3. The first-order valence-electron chi connectivity index (χ1n) is 8.44. The van der Waals surface area contributed by atoms with Crippen LogP contribution in [0.1, 0.15) is 18.5 Å². The smallest absolute Gasteiger partial charge is 0.226 e. The first-order chi connectivity index (χ1) is 11.8. The summed E-state index contributed by atoms with van der Waals surface area (Å²) in [6.07, 6.45) is 3.83. The molecule has 2 aromatic rings. The number of likely N-dealkylation sites (tertiary alicyclic amines) is 1. The van der Waals surface area contributed by atoms with Gasteiger partial charge < -0.3 is 13.9 Å². The first kappa shape index (κ1) is 15.7. The highest BCUT2D eigenvalue weighted by Crippen LogP contribution is 2.27. The Balaban J connectivity index is 1.32. The van der Waals surface area contributed by atoms with Gasteiger partial charge in [0, 0.05) is 18.0 Å². The number of aromatic nitrogens is 1. The Bertz CT molecular complexity index is 659. The van der Waals surface area contributed by atoms with E-state index in [2.05, 4.69) is 9.88 Å². The molecule has 1 aromatic carbocycles. The van der Waals surface area contributed by atoms with E-state index in [4.69, 9.17) is 13.9 Å². The monoisotopic (exact) mass is 332 g/mol. The third-order valence-electron chi connectivity index (χ3n) is 4.69. The molecule has 0 spiro atoms. The van der Waals surface area contributed by atoms with Crippen molar-refractivity contribution in [3.05, 3.63) is 42.0 Å². The fourth-order valence-corrected chi connectivity index (χ4v) is 3.37. The number of benzene rings is 1. The summed E-state index contributed by atoms with van der Waals surface area (Å²) in [5, 5.41) is 0. The van der Waals surface area contributed by atoms with Crippen LogP contribution in [0.4, 0.5) is 4.39 Å². The van der Waals surface area contributed by atoms with Crippen LogP contribution in [0.25, 0.3) is 11.5 Å². The number of piperidine rings is 1. The Labute approximate surface area is 140 Å². The highest BCUT2D eigenvalue weighted by Gasteiger charge is 2.30. The van der Waals surface area contributed by atoms with Gasteiger partial charge in [0.1, 0.15) is 12.1 Å². The van der Waals surface area contributed by atoms with Crippen molar-refractivity contribution in [2.75, 3.05) is 26.3 Å². The van der Waals surface area contributed by atoms with Crippen LogP contribution in [0.5, 0.6) is 0 Å². The summed E-state index contributed by atoms with van der Waals surface area (Å²) in [5.41, 5.74) is 1.69. The third-order valence-corrected chi connectivity index (χ3v) is 4.69. The quantitative estimate of drug-likeness (QED) is 0.861. The molecule has 0 amide bonds. The maximum Gasteiger partial charge on any atom is 0.226 e. The van der Waals surface area contributed by atoms with Crippen molar-refractivity contribution < 1.29 is 18.3 Å². The van der Waals surface area contributed by atoms with E-state index in [9.17, 15) is 4.39 Å². The molecule has 6 heteroatoms. The minimum Gasteiger partial charge on any atom is -0.444 e. The Kier molecular flexibility index (Phi) is 4.60. The molecule has 1 aromatic heterocycles. The average Bonchev–Trinajstić information content (AvgIpc) is 3.28. The summed E-state index contributed by atoms with van der Waals surface area (Å²) in [6, 6.07) is 6.18. The van der Waals surface area contributed by atoms with E-state index in [1.165, 1.54) is 12.1 Å². The molecule has 24 heavy (non-hydrogen) atoms. The topological polar surface area (TPSA) is 47.7 Å². The molecule has 0 radical (unpaired) electrons. The van der Waals surface area contributed by atoms with Crippen LogP contribution < -0.4 is 0 Å². The van der Waals surface area contributed by atoms with Crippen LogP contribution >= 0.6 is 0 Å². The number of oxazole rings is 1. The van der Waals surface area contributed by atoms with E-state index in [1.807, 2.05) is 0 Å². The van der Waals surface area contributed by atoms with Crippen LogP contribution in [-0.4, -0.2) is 42.5 Å². The SMILES string of the molecule is Fc1ccc(-c2nc(CN3CCC(C4OCCO4)CC3)co2)cc1. The minimum absolute atomic E-state index is 0.00993. The summed E-state index contributed by atoms with van der Waals surface area (Å²) in [4.78, 5) is 6.89. The van der Waals surface area contributed by atoms with Crippen molar-refractivity contribution in [1.29, 1.82) is 0 Å². The largest absolute Gasteiger partial charge is 0.444 e. The van der Waals surface area contributed by atoms with Crippen LogP contribution in [0.2, 0.25) is 0 Å². The van der Waals surface area contributed by atoms with Crippen LogP contribution in [0, 0.1) is 11.7 Å². The number of hydrogen-bond acceptors (Lipinski definition) is 5. The highest BCUT2D eigenvalue weighted by atomic mass is 19.1. The van der Waals surface area contributed by atoms with Gasteiger partial charge in [-0.1, -0.05) is 0 Å². The molecule has 0 saturated carbocycles. The predicted octanol–water partition coefficient (Wildman–Crippen LogP) is 3.07. The minimum atomic E-state index is -0.261. The van der Waals surface area contributed by atoms with E-state index in [0.29, 0.717) is 11.8 Å². The highest BCUT2D eigenvalue weighted by molar-refractivity contribution is 5.52. The molecule has 2 fully saturated rings. The number of rotatable bonds is 4. The van der Waals surface area contributed by atoms with Crippen molar-refractivity contribution in [2.24, 2.45) is 5.92 Å². The zero-order chi connectivity index (χ0) is 16.4. The van der Waals surface area contributed by atoms with Gasteiger partial charge in [-0.25, -0.2) is 9.37 Å². The van der Waals surface area contributed by atoms with Crippen molar-refractivity contribution in [1.82, 2.24) is 9.88 Å². The van der Waals surface area contributed by atoms with Gasteiger partial charge in [-0.2, -0.15) is 0 Å². The van der Waals surface area contributed by atoms with Crippen molar-refractivity contribution in [2.45, 2.75) is 25.7 Å². The van der Waals surface area contributed by atoms with Crippen molar-refractivity contribution >= 4 is 0 Å². The molecule has 2 saturated heterocycles. The summed E-state index contributed by atoms with van der Waals surface area (Å²) in [5.74, 6) is 0.770. The molecule has 2 aliphatic heterocycles. The fraction of sp³-hybridized carbons (Fsp3) is 0.500. The van der Waals surface area contributed by atoms with Gasteiger partial charge in [0.05, 0.1) is 18.9 Å². The second-order valence-corrected chi connectivity index (χ2v) is 6.37. The van der Waals surface area contributed by atoms with Gasteiger partial charge in [-0.05, 0) is 50.2 Å².